The quantitative estimate of drug-likeness (QED) is 0.781. The molecule has 112 valence electrons. The predicted molar refractivity (Wildman–Crippen MR) is 86.3 cm³/mol. The maximum atomic E-state index is 11.0. The number of hydrogen-bond donors (Lipinski definition) is 1. The van der Waals surface area contributed by atoms with Crippen LogP contribution >= 0.6 is 0 Å². The molecular formula is C16H26N2OS. The molecule has 0 aliphatic carbocycles. The van der Waals surface area contributed by atoms with Crippen molar-refractivity contribution in [1.82, 2.24) is 10.2 Å². The summed E-state index contributed by atoms with van der Waals surface area (Å²) in [6, 6.07) is 11.3. The molecule has 1 aliphatic rings. The van der Waals surface area contributed by atoms with Crippen molar-refractivity contribution >= 4 is 10.8 Å². The van der Waals surface area contributed by atoms with Crippen LogP contribution in [0.5, 0.6) is 0 Å². The van der Waals surface area contributed by atoms with E-state index in [9.17, 15) is 4.21 Å². The van der Waals surface area contributed by atoms with E-state index in [1.807, 2.05) is 0 Å². The second-order valence-corrected chi connectivity index (χ2v) is 7.20. The van der Waals surface area contributed by atoms with Gasteiger partial charge in [-0.1, -0.05) is 30.3 Å². The van der Waals surface area contributed by atoms with Crippen molar-refractivity contribution in [1.29, 1.82) is 0 Å². The third-order valence-corrected chi connectivity index (χ3v) is 4.66. The standard InChI is InChI=1S/C16H26N2OS/c1-20(19)12-6-10-17-16-9-5-11-18(14-16)13-15-7-3-2-4-8-15/h2-4,7-8,16-17H,5-6,9-14H2,1H3. The third-order valence-electron chi connectivity index (χ3n) is 3.80. The van der Waals surface area contributed by atoms with Crippen molar-refractivity contribution in [3.8, 4) is 0 Å². The summed E-state index contributed by atoms with van der Waals surface area (Å²) in [5, 5.41) is 3.62. The Bertz CT molecular complexity index is 410. The van der Waals surface area contributed by atoms with Crippen LogP contribution < -0.4 is 5.32 Å². The molecule has 0 spiro atoms. The van der Waals surface area contributed by atoms with Gasteiger partial charge in [0.05, 0.1) is 0 Å². The van der Waals surface area contributed by atoms with Gasteiger partial charge in [0, 0.05) is 41.9 Å². The van der Waals surface area contributed by atoms with E-state index in [4.69, 9.17) is 0 Å². The lowest BCUT2D eigenvalue weighted by Gasteiger charge is -2.33. The monoisotopic (exact) mass is 294 g/mol. The fourth-order valence-electron chi connectivity index (χ4n) is 2.79. The van der Waals surface area contributed by atoms with Gasteiger partial charge in [0.1, 0.15) is 0 Å². The lowest BCUT2D eigenvalue weighted by Crippen LogP contribution is -2.45. The highest BCUT2D eigenvalue weighted by Gasteiger charge is 2.19. The molecule has 4 heteroatoms. The number of hydrogen-bond acceptors (Lipinski definition) is 3. The van der Waals surface area contributed by atoms with Crippen molar-refractivity contribution in [2.75, 3.05) is 31.6 Å². The van der Waals surface area contributed by atoms with Crippen molar-refractivity contribution in [3.63, 3.8) is 0 Å². The molecule has 1 aliphatic heterocycles. The summed E-state index contributed by atoms with van der Waals surface area (Å²) in [5.41, 5.74) is 1.40. The fourth-order valence-corrected chi connectivity index (χ4v) is 3.34. The van der Waals surface area contributed by atoms with Crippen LogP contribution in [-0.4, -0.2) is 46.8 Å². The number of nitrogens with one attached hydrogen (secondary N) is 1. The van der Waals surface area contributed by atoms with E-state index in [1.54, 1.807) is 6.26 Å². The van der Waals surface area contributed by atoms with Gasteiger partial charge < -0.3 is 5.32 Å². The molecule has 1 N–H and O–H groups in total. The zero-order valence-corrected chi connectivity index (χ0v) is 13.2. The van der Waals surface area contributed by atoms with Crippen LogP contribution in [0.2, 0.25) is 0 Å². The molecular weight excluding hydrogens is 268 g/mol. The lowest BCUT2D eigenvalue weighted by atomic mass is 10.0. The molecule has 1 aromatic rings. The average molecular weight is 294 g/mol. The van der Waals surface area contributed by atoms with Crippen molar-refractivity contribution < 1.29 is 4.21 Å². The van der Waals surface area contributed by atoms with Gasteiger partial charge in [0.2, 0.25) is 0 Å². The Balaban J connectivity index is 1.70. The van der Waals surface area contributed by atoms with Crippen LogP contribution in [0.4, 0.5) is 0 Å². The molecule has 1 aromatic carbocycles. The Kier molecular flexibility index (Phi) is 6.70. The molecule has 2 rings (SSSR count). The normalized spacial score (nSPS) is 21.8. The van der Waals surface area contributed by atoms with Gasteiger partial charge in [-0.2, -0.15) is 0 Å². The molecule has 1 heterocycles. The van der Waals surface area contributed by atoms with E-state index in [-0.39, 0.29) is 0 Å². The van der Waals surface area contributed by atoms with Crippen molar-refractivity contribution in [2.45, 2.75) is 31.8 Å². The average Bonchev–Trinajstić information content (AvgIpc) is 2.45. The minimum absolute atomic E-state index is 0.595. The maximum absolute atomic E-state index is 11.0. The predicted octanol–water partition coefficient (Wildman–Crippen LogP) is 2.01. The van der Waals surface area contributed by atoms with Crippen LogP contribution in [0.1, 0.15) is 24.8 Å². The van der Waals surface area contributed by atoms with Crippen LogP contribution in [0.15, 0.2) is 30.3 Å². The van der Waals surface area contributed by atoms with E-state index < -0.39 is 10.8 Å². The topological polar surface area (TPSA) is 32.3 Å². The summed E-state index contributed by atoms with van der Waals surface area (Å²) < 4.78 is 11.0. The smallest absolute Gasteiger partial charge is 0.0244 e. The molecule has 2 unspecified atom stereocenters. The molecule has 1 fully saturated rings. The molecule has 1 saturated heterocycles. The Hall–Kier alpha value is -0.710. The van der Waals surface area contributed by atoms with E-state index in [1.165, 1.54) is 24.9 Å². The Morgan fingerprint density at radius 1 is 1.35 bits per heavy atom. The Morgan fingerprint density at radius 2 is 2.15 bits per heavy atom. The summed E-state index contributed by atoms with van der Waals surface area (Å²) in [6.45, 7) is 4.37. The Labute approximate surface area is 125 Å². The second-order valence-electron chi connectivity index (χ2n) is 5.64. The first-order valence-electron chi connectivity index (χ1n) is 7.54. The number of likely N-dealkylation sites (tertiary alicyclic amines) is 1. The summed E-state index contributed by atoms with van der Waals surface area (Å²) in [5.74, 6) is 0.813. The van der Waals surface area contributed by atoms with E-state index in [0.29, 0.717) is 6.04 Å². The first kappa shape index (κ1) is 15.7. The molecule has 2 atom stereocenters. The first-order chi connectivity index (χ1) is 9.74. The van der Waals surface area contributed by atoms with Crippen LogP contribution in [0.25, 0.3) is 0 Å². The van der Waals surface area contributed by atoms with Crippen LogP contribution in [0.3, 0.4) is 0 Å². The summed E-state index contributed by atoms with van der Waals surface area (Å²) in [6.07, 6.45) is 5.32. The first-order valence-corrected chi connectivity index (χ1v) is 9.26. The molecule has 3 nitrogen and oxygen atoms in total. The van der Waals surface area contributed by atoms with Gasteiger partial charge in [0.25, 0.3) is 0 Å². The second kappa shape index (κ2) is 8.55. The summed E-state index contributed by atoms with van der Waals surface area (Å²) in [4.78, 5) is 2.54. The number of nitrogens with zero attached hydrogens (tertiary/aromatic N) is 1. The molecule has 0 aromatic heterocycles. The van der Waals surface area contributed by atoms with E-state index in [0.717, 1.165) is 31.8 Å². The van der Waals surface area contributed by atoms with Gasteiger partial charge in [-0.25, -0.2) is 0 Å². The highest BCUT2D eigenvalue weighted by atomic mass is 32.2. The van der Waals surface area contributed by atoms with E-state index >= 15 is 0 Å². The molecule has 20 heavy (non-hydrogen) atoms. The van der Waals surface area contributed by atoms with Crippen molar-refractivity contribution in [2.24, 2.45) is 0 Å². The minimum Gasteiger partial charge on any atom is -0.313 e. The lowest BCUT2D eigenvalue weighted by molar-refractivity contribution is 0.184. The maximum Gasteiger partial charge on any atom is 0.0244 e. The SMILES string of the molecule is CS(=O)CCCNC1CCCN(Cc2ccccc2)C1. The largest absolute Gasteiger partial charge is 0.313 e. The number of piperidine rings is 1. The highest BCUT2D eigenvalue weighted by molar-refractivity contribution is 7.84. The van der Waals surface area contributed by atoms with Crippen LogP contribution in [0, 0.1) is 0 Å². The molecule has 0 saturated carbocycles. The number of benzene rings is 1. The summed E-state index contributed by atoms with van der Waals surface area (Å²) in [7, 11) is -0.656. The zero-order valence-electron chi connectivity index (χ0n) is 12.4. The third kappa shape index (κ3) is 5.73. The molecule has 0 bridgehead atoms. The van der Waals surface area contributed by atoms with E-state index in [2.05, 4.69) is 40.5 Å². The van der Waals surface area contributed by atoms with Gasteiger partial charge in [-0.05, 0) is 37.9 Å². The summed E-state index contributed by atoms with van der Waals surface area (Å²) >= 11 is 0. The minimum atomic E-state index is -0.656. The number of rotatable bonds is 7. The van der Waals surface area contributed by atoms with Gasteiger partial charge in [-0.3, -0.25) is 9.11 Å². The Morgan fingerprint density at radius 3 is 2.90 bits per heavy atom. The molecule has 0 amide bonds. The van der Waals surface area contributed by atoms with Gasteiger partial charge >= 0.3 is 0 Å². The zero-order chi connectivity index (χ0) is 14.2. The highest BCUT2D eigenvalue weighted by Crippen LogP contribution is 2.13. The van der Waals surface area contributed by atoms with Crippen LogP contribution in [-0.2, 0) is 17.3 Å². The molecule has 0 radical (unpaired) electrons. The van der Waals surface area contributed by atoms with Gasteiger partial charge in [0.15, 0.2) is 0 Å². The van der Waals surface area contributed by atoms with Gasteiger partial charge in [-0.15, -0.1) is 0 Å². The van der Waals surface area contributed by atoms with Crippen molar-refractivity contribution in [3.05, 3.63) is 35.9 Å². The fraction of sp³-hybridized carbons (Fsp3) is 0.625.